The fourth-order valence-electron chi connectivity index (χ4n) is 2.63. The van der Waals surface area contributed by atoms with Crippen LogP contribution in [0.5, 0.6) is 28.7 Å². The van der Waals surface area contributed by atoms with E-state index in [1.165, 1.54) is 52.7 Å². The maximum Gasteiger partial charge on any atom is 0.330 e. The van der Waals surface area contributed by atoms with Gasteiger partial charge in [0, 0.05) is 18.2 Å². The van der Waals surface area contributed by atoms with Gasteiger partial charge in [0.2, 0.25) is 0 Å². The zero-order valence-electron chi connectivity index (χ0n) is 18.5. The number of rotatable bonds is 11. The number of hydrogen-bond donors (Lipinski definition) is 3. The molecule has 4 N–H and O–H groups in total. The largest absolute Gasteiger partial charge is 0.496 e. The number of carbonyl (C=O) groups excluding carboxylic acids is 1. The Hall–Kier alpha value is -3.48. The van der Waals surface area contributed by atoms with Crippen molar-refractivity contribution in [1.29, 1.82) is 0 Å². The van der Waals surface area contributed by atoms with Crippen molar-refractivity contribution in [3.8, 4) is 28.7 Å². The predicted octanol–water partition coefficient (Wildman–Crippen LogP) is 1.36. The molecule has 11 nitrogen and oxygen atoms in total. The maximum absolute atomic E-state index is 12.6. The topological polar surface area (TPSA) is 156 Å². The molecule has 0 saturated carbocycles. The summed E-state index contributed by atoms with van der Waals surface area (Å²) in [6.07, 6.45) is 1.31. The molecule has 1 atom stereocenters. The summed E-state index contributed by atoms with van der Waals surface area (Å²) in [5, 5.41) is 9.92. The number of anilines is 1. The lowest BCUT2D eigenvalue weighted by Gasteiger charge is -2.14. The molecule has 0 heterocycles. The van der Waals surface area contributed by atoms with Crippen LogP contribution in [0.25, 0.3) is 6.08 Å². The van der Waals surface area contributed by atoms with E-state index < -0.39 is 28.6 Å². The molecule has 0 spiro atoms. The molecule has 0 unspecified atom stereocenters. The number of hydrogen-bond acceptors (Lipinski definition) is 10. The van der Waals surface area contributed by atoms with Crippen molar-refractivity contribution in [3.63, 3.8) is 0 Å². The Morgan fingerprint density at radius 1 is 1.00 bits per heavy atom. The smallest absolute Gasteiger partial charge is 0.330 e. The van der Waals surface area contributed by atoms with Gasteiger partial charge in [0.05, 0.1) is 51.7 Å². The number of aliphatic hydroxyl groups is 1. The number of carbonyl (C=O) groups is 1. The first kappa shape index (κ1) is 25.8. The van der Waals surface area contributed by atoms with Gasteiger partial charge in [0.1, 0.15) is 23.3 Å². The number of sulfonamides is 1. The van der Waals surface area contributed by atoms with E-state index in [9.17, 15) is 13.2 Å². The Morgan fingerprint density at radius 2 is 1.61 bits per heavy atom. The van der Waals surface area contributed by atoms with Gasteiger partial charge in [-0.15, -0.1) is 0 Å². The summed E-state index contributed by atoms with van der Waals surface area (Å²) in [6.45, 7) is -0.615. The van der Waals surface area contributed by atoms with Crippen LogP contribution in [0, 0.1) is 0 Å². The fourth-order valence-corrected chi connectivity index (χ4v) is 3.47. The van der Waals surface area contributed by atoms with Crippen LogP contribution < -0.4 is 34.1 Å². The molecule has 0 aromatic heterocycles. The zero-order chi connectivity index (χ0) is 24.6. The summed E-state index contributed by atoms with van der Waals surface area (Å²) < 4.78 is 53.6. The van der Waals surface area contributed by atoms with Crippen molar-refractivity contribution in [2.24, 2.45) is 5.73 Å². The van der Waals surface area contributed by atoms with Crippen molar-refractivity contribution in [1.82, 2.24) is 0 Å². The quantitative estimate of drug-likeness (QED) is 0.316. The first-order valence-corrected chi connectivity index (χ1v) is 11.0. The third kappa shape index (κ3) is 6.75. The van der Waals surface area contributed by atoms with E-state index in [2.05, 4.69) is 4.72 Å². The van der Waals surface area contributed by atoms with Gasteiger partial charge >= 0.3 is 5.97 Å². The monoisotopic (exact) mass is 482 g/mol. The highest BCUT2D eigenvalue weighted by Crippen LogP contribution is 2.35. The van der Waals surface area contributed by atoms with E-state index in [0.717, 1.165) is 5.41 Å². The molecule has 2 rings (SSSR count). The Labute approximate surface area is 191 Å². The lowest BCUT2D eigenvalue weighted by Crippen LogP contribution is -2.37. The first-order chi connectivity index (χ1) is 15.7. The highest BCUT2D eigenvalue weighted by molar-refractivity contribution is 7.95. The molecule has 2 aromatic carbocycles. The number of ether oxygens (including phenoxy) is 5. The highest BCUT2D eigenvalue weighted by atomic mass is 32.2. The SMILES string of the molecule is COc1cc(OC)c(/C=C/S(=O)(=O)Nc2ccc(OC)c(OC(=O)[C@H](N)CO)c2)c(OC)c1. The maximum atomic E-state index is 12.6. The molecule has 180 valence electrons. The Bertz CT molecular complexity index is 1090. The molecule has 0 radical (unpaired) electrons. The second-order valence-corrected chi connectivity index (χ2v) is 8.04. The van der Waals surface area contributed by atoms with Crippen LogP contribution >= 0.6 is 0 Å². The minimum absolute atomic E-state index is 0.0749. The van der Waals surface area contributed by atoms with E-state index in [1.54, 1.807) is 12.1 Å². The third-order valence-corrected chi connectivity index (χ3v) is 5.32. The summed E-state index contributed by atoms with van der Waals surface area (Å²) in [7, 11) is 1.69. The molecule has 33 heavy (non-hydrogen) atoms. The standard InChI is InChI=1S/C21H26N2O9S/c1-28-14-10-18(30-3)15(19(11-14)31-4)7-8-33(26,27)23-13-5-6-17(29-2)20(9-13)32-21(25)16(22)12-24/h5-11,16,23-24H,12,22H2,1-4H3/b8-7+/t16-/m1/s1. The van der Waals surface area contributed by atoms with Crippen LogP contribution in [-0.4, -0.2) is 60.6 Å². The van der Waals surface area contributed by atoms with Gasteiger partial charge in [-0.05, 0) is 18.2 Å². The Kier molecular flexibility index (Phi) is 8.91. The number of benzene rings is 2. The van der Waals surface area contributed by atoms with E-state index >= 15 is 0 Å². The van der Waals surface area contributed by atoms with Crippen molar-refractivity contribution in [3.05, 3.63) is 41.3 Å². The molecule has 0 saturated heterocycles. The second kappa shape index (κ2) is 11.4. The molecule has 2 aromatic rings. The molecule has 0 amide bonds. The molecule has 12 heteroatoms. The summed E-state index contributed by atoms with van der Waals surface area (Å²) in [5.74, 6) is 0.347. The third-order valence-electron chi connectivity index (χ3n) is 4.30. The number of nitrogens with one attached hydrogen (secondary N) is 1. The van der Waals surface area contributed by atoms with Gasteiger partial charge in [-0.25, -0.2) is 13.2 Å². The van der Waals surface area contributed by atoms with Crippen LogP contribution in [0.15, 0.2) is 35.7 Å². The number of esters is 1. The summed E-state index contributed by atoms with van der Waals surface area (Å²) in [6, 6.07) is 5.99. The van der Waals surface area contributed by atoms with E-state index in [1.807, 2.05) is 0 Å². The summed E-state index contributed by atoms with van der Waals surface area (Å²) in [5.41, 5.74) is 5.92. The van der Waals surface area contributed by atoms with Gasteiger partial charge in [-0.3, -0.25) is 4.72 Å². The normalized spacial score (nSPS) is 12.2. The average Bonchev–Trinajstić information content (AvgIpc) is 2.81. The summed E-state index contributed by atoms with van der Waals surface area (Å²) >= 11 is 0. The lowest BCUT2D eigenvalue weighted by molar-refractivity contribution is -0.136. The van der Waals surface area contributed by atoms with Crippen LogP contribution in [0.1, 0.15) is 5.56 Å². The van der Waals surface area contributed by atoms with E-state index in [0.29, 0.717) is 22.8 Å². The summed E-state index contributed by atoms with van der Waals surface area (Å²) in [4.78, 5) is 11.9. The Morgan fingerprint density at radius 3 is 2.12 bits per heavy atom. The van der Waals surface area contributed by atoms with Gasteiger partial charge in [0.25, 0.3) is 10.0 Å². The van der Waals surface area contributed by atoms with Crippen molar-refractivity contribution in [2.75, 3.05) is 39.8 Å². The zero-order valence-corrected chi connectivity index (χ0v) is 19.3. The van der Waals surface area contributed by atoms with Crippen molar-refractivity contribution >= 4 is 27.8 Å². The fraction of sp³-hybridized carbons (Fsp3) is 0.286. The van der Waals surface area contributed by atoms with Crippen molar-refractivity contribution < 1.29 is 42.0 Å². The van der Waals surface area contributed by atoms with Crippen LogP contribution in [0.2, 0.25) is 0 Å². The highest BCUT2D eigenvalue weighted by Gasteiger charge is 2.19. The average molecular weight is 483 g/mol. The molecule has 0 fully saturated rings. The molecular formula is C21H26N2O9S. The molecular weight excluding hydrogens is 456 g/mol. The number of aliphatic hydroxyl groups excluding tert-OH is 1. The predicted molar refractivity (Wildman–Crippen MR) is 121 cm³/mol. The molecule has 0 bridgehead atoms. The minimum atomic E-state index is -4.00. The van der Waals surface area contributed by atoms with Crippen LogP contribution in [0.4, 0.5) is 5.69 Å². The van der Waals surface area contributed by atoms with Crippen LogP contribution in [0.3, 0.4) is 0 Å². The number of methoxy groups -OCH3 is 4. The van der Waals surface area contributed by atoms with Gasteiger partial charge < -0.3 is 34.5 Å². The lowest BCUT2D eigenvalue weighted by atomic mass is 10.1. The van der Waals surface area contributed by atoms with E-state index in [4.69, 9.17) is 34.5 Å². The Balaban J connectivity index is 2.32. The molecule has 0 aliphatic heterocycles. The van der Waals surface area contributed by atoms with E-state index in [-0.39, 0.29) is 17.2 Å². The first-order valence-electron chi connectivity index (χ1n) is 9.45. The van der Waals surface area contributed by atoms with Gasteiger partial charge in [0.15, 0.2) is 11.5 Å². The van der Waals surface area contributed by atoms with Crippen molar-refractivity contribution in [2.45, 2.75) is 6.04 Å². The number of nitrogens with two attached hydrogens (primary N) is 1. The minimum Gasteiger partial charge on any atom is -0.496 e. The molecule has 0 aliphatic carbocycles. The molecule has 0 aliphatic rings. The van der Waals surface area contributed by atoms with Crippen LogP contribution in [-0.2, 0) is 14.8 Å². The van der Waals surface area contributed by atoms with Gasteiger partial charge in [-0.2, -0.15) is 0 Å². The van der Waals surface area contributed by atoms with Gasteiger partial charge in [-0.1, -0.05) is 0 Å². The second-order valence-electron chi connectivity index (χ2n) is 6.47.